The number of hydrogen-bond acceptors (Lipinski definition) is 4. The van der Waals surface area contributed by atoms with E-state index in [9.17, 15) is 0 Å². The van der Waals surface area contributed by atoms with Crippen LogP contribution >= 0.6 is 0 Å². The fraction of sp³-hybridized carbons (Fsp3) is 0.938. The van der Waals surface area contributed by atoms with Gasteiger partial charge in [-0.05, 0) is 51.4 Å². The third kappa shape index (κ3) is 10.2. The third-order valence-corrected chi connectivity index (χ3v) is 3.51. The molecule has 0 aromatic heterocycles. The van der Waals surface area contributed by atoms with Gasteiger partial charge in [0.2, 0.25) is 0 Å². The van der Waals surface area contributed by atoms with Crippen LogP contribution in [-0.4, -0.2) is 39.1 Å². The molecule has 0 bridgehead atoms. The Kier molecular flexibility index (Phi) is 11.6. The smallest absolute Gasteiger partial charge is 0.0622 e. The fourth-order valence-corrected chi connectivity index (χ4v) is 2.29. The topological polar surface area (TPSA) is 51.5 Å². The van der Waals surface area contributed by atoms with Gasteiger partial charge in [-0.15, -0.1) is 0 Å². The minimum atomic E-state index is 0.436. The van der Waals surface area contributed by atoms with E-state index in [1.165, 1.54) is 19.3 Å². The largest absolute Gasteiger partial charge is 0.381 e. The van der Waals surface area contributed by atoms with E-state index in [2.05, 4.69) is 6.07 Å². The van der Waals surface area contributed by atoms with Crippen LogP contribution in [-0.2, 0) is 14.2 Å². The Labute approximate surface area is 123 Å². The van der Waals surface area contributed by atoms with Gasteiger partial charge in [0, 0.05) is 39.5 Å². The Hall–Kier alpha value is -0.630. The average molecular weight is 283 g/mol. The van der Waals surface area contributed by atoms with E-state index in [0.717, 1.165) is 58.5 Å². The Morgan fingerprint density at radius 1 is 0.950 bits per heavy atom. The second-order valence-electron chi connectivity index (χ2n) is 5.32. The van der Waals surface area contributed by atoms with Crippen LogP contribution in [0.25, 0.3) is 0 Å². The quantitative estimate of drug-likeness (QED) is 0.515. The van der Waals surface area contributed by atoms with Crippen LogP contribution in [0.3, 0.4) is 0 Å². The number of hydrogen-bond donors (Lipinski definition) is 0. The summed E-state index contributed by atoms with van der Waals surface area (Å²) in [5.41, 5.74) is 0. The van der Waals surface area contributed by atoms with Crippen molar-refractivity contribution in [1.82, 2.24) is 0 Å². The lowest BCUT2D eigenvalue weighted by Gasteiger charge is -2.22. The normalized spacial score (nSPS) is 18.9. The van der Waals surface area contributed by atoms with Gasteiger partial charge < -0.3 is 14.2 Å². The SMILES string of the molecule is N#CCCCOCCCCCOCCC1CCCCO1. The van der Waals surface area contributed by atoms with Gasteiger partial charge in [0.25, 0.3) is 0 Å². The minimum Gasteiger partial charge on any atom is -0.381 e. The van der Waals surface area contributed by atoms with Crippen molar-refractivity contribution in [2.45, 2.75) is 63.9 Å². The molecule has 1 rings (SSSR count). The molecule has 0 aliphatic carbocycles. The summed E-state index contributed by atoms with van der Waals surface area (Å²) in [7, 11) is 0. The molecule has 1 aliphatic rings. The molecule has 4 nitrogen and oxygen atoms in total. The Balaban J connectivity index is 1.71. The lowest BCUT2D eigenvalue weighted by atomic mass is 10.1. The van der Waals surface area contributed by atoms with Crippen molar-refractivity contribution in [1.29, 1.82) is 5.26 Å². The highest BCUT2D eigenvalue weighted by Crippen LogP contribution is 2.15. The van der Waals surface area contributed by atoms with Crippen molar-refractivity contribution in [3.05, 3.63) is 0 Å². The van der Waals surface area contributed by atoms with E-state index in [1.54, 1.807) is 0 Å². The average Bonchev–Trinajstić information content (AvgIpc) is 2.49. The highest BCUT2D eigenvalue weighted by molar-refractivity contribution is 4.67. The molecular formula is C16H29NO3. The van der Waals surface area contributed by atoms with Gasteiger partial charge in [-0.1, -0.05) is 0 Å². The van der Waals surface area contributed by atoms with E-state index in [4.69, 9.17) is 19.5 Å². The summed E-state index contributed by atoms with van der Waals surface area (Å²) in [6.45, 7) is 4.13. The molecule has 0 saturated carbocycles. The van der Waals surface area contributed by atoms with Crippen LogP contribution in [0, 0.1) is 11.3 Å². The molecule has 1 fully saturated rings. The molecule has 1 atom stereocenters. The van der Waals surface area contributed by atoms with Gasteiger partial charge in [0.05, 0.1) is 12.2 Å². The Morgan fingerprint density at radius 3 is 2.40 bits per heavy atom. The first kappa shape index (κ1) is 17.4. The van der Waals surface area contributed by atoms with Crippen LogP contribution in [0.2, 0.25) is 0 Å². The molecule has 1 heterocycles. The Bertz CT molecular complexity index is 247. The standard InChI is InChI=1S/C16H29NO3/c17-10-3-7-13-18-11-4-1-5-12-19-15-9-16-8-2-6-14-20-16/h16H,1-9,11-15H2. The maximum atomic E-state index is 8.37. The summed E-state index contributed by atoms with van der Waals surface area (Å²) in [5.74, 6) is 0. The number of rotatable bonds is 12. The molecular weight excluding hydrogens is 254 g/mol. The van der Waals surface area contributed by atoms with Crippen LogP contribution in [0.1, 0.15) is 57.8 Å². The highest BCUT2D eigenvalue weighted by atomic mass is 16.5. The molecule has 0 aromatic rings. The van der Waals surface area contributed by atoms with Crippen molar-refractivity contribution in [3.63, 3.8) is 0 Å². The number of ether oxygens (including phenoxy) is 3. The van der Waals surface area contributed by atoms with E-state index >= 15 is 0 Å². The molecule has 1 unspecified atom stereocenters. The molecule has 4 heteroatoms. The van der Waals surface area contributed by atoms with E-state index in [1.807, 2.05) is 0 Å². The summed E-state index contributed by atoms with van der Waals surface area (Å²) in [6, 6.07) is 2.12. The van der Waals surface area contributed by atoms with Gasteiger partial charge in [0.1, 0.15) is 0 Å². The second-order valence-corrected chi connectivity index (χ2v) is 5.32. The van der Waals surface area contributed by atoms with Crippen LogP contribution in [0.4, 0.5) is 0 Å². The molecule has 20 heavy (non-hydrogen) atoms. The summed E-state index contributed by atoms with van der Waals surface area (Å²) in [4.78, 5) is 0. The summed E-state index contributed by atoms with van der Waals surface area (Å²) in [5, 5.41) is 8.37. The number of nitrogens with zero attached hydrogens (tertiary/aromatic N) is 1. The van der Waals surface area contributed by atoms with Gasteiger partial charge in [-0.2, -0.15) is 5.26 Å². The van der Waals surface area contributed by atoms with Gasteiger partial charge in [-0.3, -0.25) is 0 Å². The zero-order valence-corrected chi connectivity index (χ0v) is 12.6. The maximum absolute atomic E-state index is 8.37. The summed E-state index contributed by atoms with van der Waals surface area (Å²) < 4.78 is 16.7. The van der Waals surface area contributed by atoms with Crippen molar-refractivity contribution < 1.29 is 14.2 Å². The maximum Gasteiger partial charge on any atom is 0.0622 e. The van der Waals surface area contributed by atoms with E-state index in [0.29, 0.717) is 19.1 Å². The van der Waals surface area contributed by atoms with E-state index < -0.39 is 0 Å². The molecule has 0 aromatic carbocycles. The molecule has 0 amide bonds. The van der Waals surface area contributed by atoms with Crippen molar-refractivity contribution >= 4 is 0 Å². The lowest BCUT2D eigenvalue weighted by molar-refractivity contribution is -0.00792. The Morgan fingerprint density at radius 2 is 1.70 bits per heavy atom. The molecule has 0 spiro atoms. The lowest BCUT2D eigenvalue weighted by Crippen LogP contribution is -2.20. The zero-order valence-electron chi connectivity index (χ0n) is 12.6. The highest BCUT2D eigenvalue weighted by Gasteiger charge is 2.12. The van der Waals surface area contributed by atoms with E-state index in [-0.39, 0.29) is 0 Å². The van der Waals surface area contributed by atoms with Crippen LogP contribution in [0.15, 0.2) is 0 Å². The zero-order chi connectivity index (χ0) is 14.3. The number of unbranched alkanes of at least 4 members (excludes halogenated alkanes) is 3. The monoisotopic (exact) mass is 283 g/mol. The second kappa shape index (κ2) is 13.4. The molecule has 116 valence electrons. The predicted molar refractivity (Wildman–Crippen MR) is 78.5 cm³/mol. The van der Waals surface area contributed by atoms with Gasteiger partial charge >= 0.3 is 0 Å². The first-order chi connectivity index (χ1) is 9.93. The van der Waals surface area contributed by atoms with Gasteiger partial charge in [-0.25, -0.2) is 0 Å². The van der Waals surface area contributed by atoms with Crippen molar-refractivity contribution in [2.24, 2.45) is 0 Å². The number of nitriles is 1. The van der Waals surface area contributed by atoms with Crippen LogP contribution < -0.4 is 0 Å². The molecule has 1 aliphatic heterocycles. The predicted octanol–water partition coefficient (Wildman–Crippen LogP) is 3.45. The summed E-state index contributed by atoms with van der Waals surface area (Å²) >= 11 is 0. The summed E-state index contributed by atoms with van der Waals surface area (Å²) in [6.07, 6.45) is 9.99. The van der Waals surface area contributed by atoms with Crippen LogP contribution in [0.5, 0.6) is 0 Å². The first-order valence-corrected chi connectivity index (χ1v) is 8.07. The molecule has 0 radical (unpaired) electrons. The fourth-order valence-electron chi connectivity index (χ4n) is 2.29. The third-order valence-electron chi connectivity index (χ3n) is 3.51. The first-order valence-electron chi connectivity index (χ1n) is 8.07. The van der Waals surface area contributed by atoms with Crippen molar-refractivity contribution in [2.75, 3.05) is 33.0 Å². The minimum absolute atomic E-state index is 0.436. The molecule has 1 saturated heterocycles. The molecule has 0 N–H and O–H groups in total. The van der Waals surface area contributed by atoms with Gasteiger partial charge in [0.15, 0.2) is 0 Å². The van der Waals surface area contributed by atoms with Crippen molar-refractivity contribution in [3.8, 4) is 6.07 Å².